The standard InChI is InChI=1S/C27H14ClF9N6O2/c28-14-2-1-9(29)3-11(14)22-19-15(39-16-7-38-41-21-12(16)4-10(30)5-13(21)27(35,36)37)6-17-23(20(19)24(44)40-22)43(25(33)34)26(45)42(17)8-18(31)32/h1-7,18,22,25H,8H2,(H,39,41)(H,40,44). The molecule has 3 heterocycles. The summed E-state index contributed by atoms with van der Waals surface area (Å²) in [6.07, 6.45) is -7.38. The number of aromatic nitrogens is 4. The molecular weight excluding hydrogens is 647 g/mol. The lowest BCUT2D eigenvalue weighted by molar-refractivity contribution is -0.136. The van der Waals surface area contributed by atoms with Gasteiger partial charge in [-0.3, -0.25) is 9.36 Å². The van der Waals surface area contributed by atoms with E-state index in [9.17, 15) is 49.1 Å². The number of amides is 1. The van der Waals surface area contributed by atoms with Crippen molar-refractivity contribution in [3.05, 3.63) is 92.0 Å². The van der Waals surface area contributed by atoms with Crippen LogP contribution < -0.4 is 16.3 Å². The van der Waals surface area contributed by atoms with E-state index in [2.05, 4.69) is 20.8 Å². The average Bonchev–Trinajstić information content (AvgIpc) is 3.43. The predicted octanol–water partition coefficient (Wildman–Crippen LogP) is 6.93. The maximum atomic E-state index is 14.4. The van der Waals surface area contributed by atoms with Gasteiger partial charge >= 0.3 is 18.4 Å². The van der Waals surface area contributed by atoms with Crippen molar-refractivity contribution in [1.82, 2.24) is 24.6 Å². The Morgan fingerprint density at radius 2 is 1.73 bits per heavy atom. The summed E-state index contributed by atoms with van der Waals surface area (Å²) in [5, 5.41) is 11.6. The normalized spacial score (nSPS) is 15.0. The second-order valence-corrected chi connectivity index (χ2v) is 10.2. The number of anilines is 2. The fourth-order valence-corrected chi connectivity index (χ4v) is 5.64. The number of halogens is 10. The molecule has 1 atom stereocenters. The van der Waals surface area contributed by atoms with Gasteiger partial charge in [-0.2, -0.15) is 27.1 Å². The van der Waals surface area contributed by atoms with Crippen LogP contribution in [0.1, 0.15) is 39.6 Å². The summed E-state index contributed by atoms with van der Waals surface area (Å²) in [4.78, 5) is 26.4. The highest BCUT2D eigenvalue weighted by Crippen LogP contribution is 2.45. The highest BCUT2D eigenvalue weighted by Gasteiger charge is 2.40. The molecule has 0 spiro atoms. The SMILES string of the molecule is O=C1NC(c2cc(F)ccc2Cl)c2c(Nc3cnnc4c(C(F)(F)F)cc(F)cc34)cc3c(c21)n(C(F)F)c(=O)n3CC(F)F. The number of alkyl halides is 7. The van der Waals surface area contributed by atoms with Gasteiger partial charge in [0.2, 0.25) is 0 Å². The van der Waals surface area contributed by atoms with Gasteiger partial charge in [-0.1, -0.05) is 11.6 Å². The van der Waals surface area contributed by atoms with E-state index < -0.39 is 88.0 Å². The number of rotatable bonds is 6. The zero-order valence-electron chi connectivity index (χ0n) is 21.9. The van der Waals surface area contributed by atoms with E-state index in [4.69, 9.17) is 11.6 Å². The van der Waals surface area contributed by atoms with E-state index in [0.29, 0.717) is 10.6 Å². The average molecular weight is 661 g/mol. The number of benzene rings is 3. The van der Waals surface area contributed by atoms with E-state index in [1.165, 1.54) is 0 Å². The molecule has 1 unspecified atom stereocenters. The first kappa shape index (κ1) is 30.2. The fraction of sp³-hybridized carbons (Fsp3) is 0.185. The van der Waals surface area contributed by atoms with Gasteiger partial charge in [-0.05, 0) is 36.4 Å². The molecule has 234 valence electrons. The van der Waals surface area contributed by atoms with Crippen molar-refractivity contribution in [1.29, 1.82) is 0 Å². The molecule has 45 heavy (non-hydrogen) atoms. The number of imidazole rings is 1. The minimum absolute atomic E-state index is 0.0905. The van der Waals surface area contributed by atoms with Crippen LogP contribution in [0.25, 0.3) is 21.9 Å². The Labute approximate surface area is 249 Å². The molecule has 1 aliphatic rings. The van der Waals surface area contributed by atoms with Crippen LogP contribution in [0.5, 0.6) is 0 Å². The highest BCUT2D eigenvalue weighted by molar-refractivity contribution is 6.31. The van der Waals surface area contributed by atoms with E-state index in [1.807, 2.05) is 0 Å². The minimum Gasteiger partial charge on any atom is -0.353 e. The fourth-order valence-electron chi connectivity index (χ4n) is 5.41. The van der Waals surface area contributed by atoms with Crippen LogP contribution in [0.4, 0.5) is 50.9 Å². The molecule has 0 saturated heterocycles. The lowest BCUT2D eigenvalue weighted by Crippen LogP contribution is -2.27. The van der Waals surface area contributed by atoms with Crippen LogP contribution >= 0.6 is 11.6 Å². The first-order valence-corrected chi connectivity index (χ1v) is 13.0. The molecule has 6 rings (SSSR count). The quantitative estimate of drug-likeness (QED) is 0.193. The molecule has 2 N–H and O–H groups in total. The molecule has 5 aromatic rings. The Morgan fingerprint density at radius 3 is 2.40 bits per heavy atom. The maximum absolute atomic E-state index is 14.4. The number of hydrogen-bond donors (Lipinski definition) is 2. The number of fused-ring (bicyclic) bond motifs is 4. The molecule has 1 amide bonds. The summed E-state index contributed by atoms with van der Waals surface area (Å²) in [6, 6.07) is 3.48. The molecule has 0 saturated carbocycles. The second kappa shape index (κ2) is 10.7. The third-order valence-electron chi connectivity index (χ3n) is 7.15. The van der Waals surface area contributed by atoms with E-state index in [-0.39, 0.29) is 38.2 Å². The van der Waals surface area contributed by atoms with Gasteiger partial charge in [-0.25, -0.2) is 26.9 Å². The highest BCUT2D eigenvalue weighted by atomic mass is 35.5. The molecule has 0 bridgehead atoms. The summed E-state index contributed by atoms with van der Waals surface area (Å²) in [5.74, 6) is -3.22. The first-order chi connectivity index (χ1) is 21.2. The minimum atomic E-state index is -5.06. The molecule has 3 aromatic carbocycles. The Kier molecular flexibility index (Phi) is 7.17. The molecule has 1 aliphatic heterocycles. The van der Waals surface area contributed by atoms with Gasteiger partial charge in [0.1, 0.15) is 17.2 Å². The van der Waals surface area contributed by atoms with Crippen molar-refractivity contribution in [2.45, 2.75) is 31.7 Å². The molecule has 0 aliphatic carbocycles. The first-order valence-electron chi connectivity index (χ1n) is 12.6. The largest absolute Gasteiger partial charge is 0.418 e. The van der Waals surface area contributed by atoms with Gasteiger partial charge in [0, 0.05) is 27.2 Å². The molecule has 0 radical (unpaired) electrons. The second-order valence-electron chi connectivity index (χ2n) is 9.82. The van der Waals surface area contributed by atoms with Crippen molar-refractivity contribution in [3.8, 4) is 0 Å². The van der Waals surface area contributed by atoms with Gasteiger partial charge in [-0.15, -0.1) is 5.10 Å². The maximum Gasteiger partial charge on any atom is 0.418 e. The summed E-state index contributed by atoms with van der Waals surface area (Å²) < 4.78 is 126. The Hall–Kier alpha value is -4.80. The van der Waals surface area contributed by atoms with Crippen molar-refractivity contribution < 1.29 is 44.3 Å². The zero-order chi connectivity index (χ0) is 32.5. The third kappa shape index (κ3) is 5.00. The monoisotopic (exact) mass is 660 g/mol. The van der Waals surface area contributed by atoms with Crippen molar-refractivity contribution in [3.63, 3.8) is 0 Å². The predicted molar refractivity (Wildman–Crippen MR) is 142 cm³/mol. The van der Waals surface area contributed by atoms with Crippen LogP contribution in [0.15, 0.2) is 47.4 Å². The number of nitrogens with one attached hydrogen (secondary N) is 2. The van der Waals surface area contributed by atoms with Gasteiger partial charge in [0.05, 0.1) is 46.6 Å². The smallest absolute Gasteiger partial charge is 0.353 e. The van der Waals surface area contributed by atoms with Crippen LogP contribution in [0.3, 0.4) is 0 Å². The number of carbonyl (C=O) groups excluding carboxylic acids is 1. The summed E-state index contributed by atoms with van der Waals surface area (Å²) >= 11 is 6.28. The molecular formula is C27H14ClF9N6O2. The summed E-state index contributed by atoms with van der Waals surface area (Å²) in [7, 11) is 0. The van der Waals surface area contributed by atoms with Gasteiger partial charge in [0.15, 0.2) is 0 Å². The number of hydrogen-bond acceptors (Lipinski definition) is 5. The van der Waals surface area contributed by atoms with Gasteiger partial charge < -0.3 is 10.6 Å². The Bertz CT molecular complexity index is 2090. The van der Waals surface area contributed by atoms with Crippen LogP contribution in [-0.2, 0) is 12.7 Å². The van der Waals surface area contributed by atoms with E-state index in [0.717, 1.165) is 30.5 Å². The summed E-state index contributed by atoms with van der Waals surface area (Å²) in [5.41, 5.74) is -6.77. The Balaban J connectivity index is 1.70. The van der Waals surface area contributed by atoms with Crippen LogP contribution in [0, 0.1) is 11.6 Å². The van der Waals surface area contributed by atoms with E-state index >= 15 is 0 Å². The lowest BCUT2D eigenvalue weighted by Gasteiger charge is -2.20. The van der Waals surface area contributed by atoms with Crippen molar-refractivity contribution >= 4 is 50.8 Å². The van der Waals surface area contributed by atoms with Crippen LogP contribution in [0.2, 0.25) is 5.02 Å². The molecule has 2 aromatic heterocycles. The molecule has 0 fully saturated rings. The van der Waals surface area contributed by atoms with Crippen LogP contribution in [-0.4, -0.2) is 31.7 Å². The molecule has 18 heteroatoms. The zero-order valence-corrected chi connectivity index (χ0v) is 22.6. The number of nitrogens with zero attached hydrogens (tertiary/aromatic N) is 4. The number of carbonyl (C=O) groups is 1. The van der Waals surface area contributed by atoms with Gasteiger partial charge in [0.25, 0.3) is 12.3 Å². The van der Waals surface area contributed by atoms with Crippen molar-refractivity contribution in [2.24, 2.45) is 0 Å². The topological polar surface area (TPSA) is 93.8 Å². The van der Waals surface area contributed by atoms with E-state index in [1.54, 1.807) is 0 Å². The Morgan fingerprint density at radius 1 is 1.00 bits per heavy atom. The third-order valence-corrected chi connectivity index (χ3v) is 7.49. The summed E-state index contributed by atoms with van der Waals surface area (Å²) in [6.45, 7) is -4.97. The van der Waals surface area contributed by atoms with Crippen molar-refractivity contribution in [2.75, 3.05) is 5.32 Å². The lowest BCUT2D eigenvalue weighted by atomic mass is 9.95. The molecule has 8 nitrogen and oxygen atoms in total.